The van der Waals surface area contributed by atoms with E-state index in [4.69, 9.17) is 10.2 Å². The number of carbonyl (C=O) groups is 2. The molecule has 0 bridgehead atoms. The molecule has 0 saturated heterocycles. The van der Waals surface area contributed by atoms with Crippen LogP contribution >= 0.6 is 0 Å². The minimum atomic E-state index is -1.79. The molecule has 0 saturated carbocycles. The second-order valence-electron chi connectivity index (χ2n) is 5.49. The van der Waals surface area contributed by atoms with Gasteiger partial charge in [0, 0.05) is 0 Å². The fourth-order valence-corrected chi connectivity index (χ4v) is 1.77. The van der Waals surface area contributed by atoms with Gasteiger partial charge in [0.2, 0.25) is 0 Å². The molecule has 7 heteroatoms. The summed E-state index contributed by atoms with van der Waals surface area (Å²) in [7, 11) is 0. The summed E-state index contributed by atoms with van der Waals surface area (Å²) in [5.41, 5.74) is -2.81. The van der Waals surface area contributed by atoms with Crippen LogP contribution in [-0.2, 0) is 20.8 Å². The first-order valence-electron chi connectivity index (χ1n) is 7.12. The van der Waals surface area contributed by atoms with E-state index in [0.29, 0.717) is 11.1 Å². The molecule has 0 aliphatic carbocycles. The molecule has 0 aromatic heterocycles. The highest BCUT2D eigenvalue weighted by Crippen LogP contribution is 2.20. The highest BCUT2D eigenvalue weighted by molar-refractivity contribution is 5.78. The van der Waals surface area contributed by atoms with Crippen molar-refractivity contribution in [3.63, 3.8) is 0 Å². The summed E-state index contributed by atoms with van der Waals surface area (Å²) >= 11 is 0. The van der Waals surface area contributed by atoms with Gasteiger partial charge in [-0.05, 0) is 25.0 Å². The van der Waals surface area contributed by atoms with Gasteiger partial charge in [-0.15, -0.1) is 0 Å². The molecule has 25 heavy (non-hydrogen) atoms. The summed E-state index contributed by atoms with van der Waals surface area (Å²) in [5, 5.41) is 36.2. The number of carboxylic acid groups (broad SMARTS) is 2. The zero-order valence-electron chi connectivity index (χ0n) is 13.9. The third-order valence-corrected chi connectivity index (χ3v) is 3.50. The van der Waals surface area contributed by atoms with Crippen LogP contribution in [-0.4, -0.2) is 37.8 Å². The van der Waals surface area contributed by atoms with Crippen LogP contribution in [0.15, 0.2) is 60.7 Å². The van der Waals surface area contributed by atoms with Crippen molar-refractivity contribution in [3.8, 4) is 0 Å². The lowest BCUT2D eigenvalue weighted by atomic mass is 9.97. The van der Waals surface area contributed by atoms with E-state index >= 15 is 0 Å². The lowest BCUT2D eigenvalue weighted by molar-refractivity contribution is -0.158. The highest BCUT2D eigenvalue weighted by atomic mass is 16.4. The molecule has 2 aromatic rings. The van der Waals surface area contributed by atoms with E-state index in [1.165, 1.54) is 13.8 Å². The SMILES string of the molecule is C[C@](O)(C(=O)O)c1ccccc1.C[C@](O)(C(=O)O)c1ccccc1.O. The molecule has 2 aromatic carbocycles. The quantitative estimate of drug-likeness (QED) is 0.650. The first-order valence-corrected chi connectivity index (χ1v) is 7.12. The monoisotopic (exact) mass is 350 g/mol. The third-order valence-electron chi connectivity index (χ3n) is 3.50. The summed E-state index contributed by atoms with van der Waals surface area (Å²) in [5.74, 6) is -2.48. The van der Waals surface area contributed by atoms with Gasteiger partial charge < -0.3 is 25.9 Å². The average Bonchev–Trinajstić information content (AvgIpc) is 2.56. The molecular formula is C18H22O7. The van der Waals surface area contributed by atoms with Gasteiger partial charge in [-0.1, -0.05) is 60.7 Å². The number of benzene rings is 2. The Bertz CT molecular complexity index is 618. The molecule has 0 aliphatic heterocycles. The minimum absolute atomic E-state index is 0. The van der Waals surface area contributed by atoms with E-state index in [1.54, 1.807) is 60.7 Å². The summed E-state index contributed by atoms with van der Waals surface area (Å²) in [6.45, 7) is 2.51. The van der Waals surface area contributed by atoms with Crippen molar-refractivity contribution < 1.29 is 35.5 Å². The molecular weight excluding hydrogens is 328 g/mol. The average molecular weight is 350 g/mol. The van der Waals surface area contributed by atoms with Crippen molar-refractivity contribution in [2.45, 2.75) is 25.0 Å². The third kappa shape index (κ3) is 5.68. The molecule has 0 spiro atoms. The molecule has 0 aliphatic rings. The largest absolute Gasteiger partial charge is 0.479 e. The molecule has 136 valence electrons. The topological polar surface area (TPSA) is 147 Å². The van der Waals surface area contributed by atoms with E-state index in [9.17, 15) is 19.8 Å². The van der Waals surface area contributed by atoms with Gasteiger partial charge in [0.05, 0.1) is 0 Å². The van der Waals surface area contributed by atoms with Crippen LogP contribution in [0.25, 0.3) is 0 Å². The van der Waals surface area contributed by atoms with Gasteiger partial charge in [0.15, 0.2) is 11.2 Å². The number of hydrogen-bond donors (Lipinski definition) is 4. The second kappa shape index (κ2) is 8.93. The molecule has 7 nitrogen and oxygen atoms in total. The van der Waals surface area contributed by atoms with Crippen molar-refractivity contribution >= 4 is 11.9 Å². The maximum atomic E-state index is 10.6. The molecule has 6 N–H and O–H groups in total. The molecule has 0 amide bonds. The van der Waals surface area contributed by atoms with Crippen molar-refractivity contribution in [3.05, 3.63) is 71.8 Å². The van der Waals surface area contributed by atoms with Gasteiger partial charge in [-0.2, -0.15) is 0 Å². The summed E-state index contributed by atoms with van der Waals surface area (Å²) in [4.78, 5) is 21.1. The van der Waals surface area contributed by atoms with Crippen LogP contribution in [0.3, 0.4) is 0 Å². The Morgan fingerprint density at radius 2 is 0.920 bits per heavy atom. The van der Waals surface area contributed by atoms with Crippen LogP contribution in [0, 0.1) is 0 Å². The maximum absolute atomic E-state index is 10.6. The van der Waals surface area contributed by atoms with Gasteiger partial charge in [0.25, 0.3) is 0 Å². The van der Waals surface area contributed by atoms with Gasteiger partial charge in [-0.3, -0.25) is 0 Å². The van der Waals surface area contributed by atoms with E-state index < -0.39 is 23.1 Å². The lowest BCUT2D eigenvalue weighted by Gasteiger charge is -2.17. The van der Waals surface area contributed by atoms with E-state index in [2.05, 4.69) is 0 Å². The summed E-state index contributed by atoms with van der Waals surface area (Å²) in [6.07, 6.45) is 0. The Kier molecular flexibility index (Phi) is 7.95. The first-order chi connectivity index (χ1) is 11.1. The Balaban J connectivity index is 0.000000443. The Morgan fingerprint density at radius 3 is 1.12 bits per heavy atom. The van der Waals surface area contributed by atoms with Crippen LogP contribution in [0.4, 0.5) is 0 Å². The highest BCUT2D eigenvalue weighted by Gasteiger charge is 2.32. The zero-order chi connectivity index (χ0) is 18.4. The molecule has 0 radical (unpaired) electrons. The lowest BCUT2D eigenvalue weighted by Crippen LogP contribution is -2.31. The normalized spacial score (nSPS) is 14.6. The van der Waals surface area contributed by atoms with E-state index in [1.807, 2.05) is 0 Å². The maximum Gasteiger partial charge on any atom is 0.340 e. The number of hydrogen-bond acceptors (Lipinski definition) is 4. The minimum Gasteiger partial charge on any atom is -0.479 e. The van der Waals surface area contributed by atoms with Crippen molar-refractivity contribution in [1.82, 2.24) is 0 Å². The van der Waals surface area contributed by atoms with Crippen LogP contribution in [0.2, 0.25) is 0 Å². The van der Waals surface area contributed by atoms with Gasteiger partial charge in [0.1, 0.15) is 0 Å². The Morgan fingerprint density at radius 1 is 0.680 bits per heavy atom. The van der Waals surface area contributed by atoms with Crippen LogP contribution in [0.1, 0.15) is 25.0 Å². The Labute approximate surface area is 145 Å². The van der Waals surface area contributed by atoms with Crippen molar-refractivity contribution in [2.75, 3.05) is 0 Å². The number of rotatable bonds is 4. The molecule has 0 unspecified atom stereocenters. The molecule has 2 rings (SSSR count). The number of carboxylic acids is 2. The van der Waals surface area contributed by atoms with E-state index in [-0.39, 0.29) is 5.48 Å². The Hall–Kier alpha value is -2.74. The summed E-state index contributed by atoms with van der Waals surface area (Å²) in [6, 6.07) is 16.6. The van der Waals surface area contributed by atoms with E-state index in [0.717, 1.165) is 0 Å². The van der Waals surface area contributed by atoms with Gasteiger partial charge >= 0.3 is 11.9 Å². The first kappa shape index (κ1) is 22.3. The molecule has 0 fully saturated rings. The van der Waals surface area contributed by atoms with Crippen molar-refractivity contribution in [2.24, 2.45) is 0 Å². The predicted molar refractivity (Wildman–Crippen MR) is 90.9 cm³/mol. The fourth-order valence-electron chi connectivity index (χ4n) is 1.77. The molecule has 0 heterocycles. The fraction of sp³-hybridized carbons (Fsp3) is 0.222. The van der Waals surface area contributed by atoms with Gasteiger partial charge in [-0.25, -0.2) is 9.59 Å². The summed E-state index contributed by atoms with van der Waals surface area (Å²) < 4.78 is 0. The zero-order valence-corrected chi connectivity index (χ0v) is 13.9. The predicted octanol–water partition coefficient (Wildman–Crippen LogP) is 1.13. The standard InChI is InChI=1S/2C9H10O3.H2O/c2*1-9(12,8(10)11)7-5-3-2-4-6-7;/h2*2-6,12H,1H3,(H,10,11);1H2/t2*9-;/m11./s1. The molecule has 2 atom stereocenters. The number of aliphatic carboxylic acids is 2. The van der Waals surface area contributed by atoms with Crippen molar-refractivity contribution in [1.29, 1.82) is 0 Å². The van der Waals surface area contributed by atoms with Crippen LogP contribution < -0.4 is 0 Å². The number of aliphatic hydroxyl groups is 2. The smallest absolute Gasteiger partial charge is 0.340 e. The second-order valence-corrected chi connectivity index (χ2v) is 5.49. The van der Waals surface area contributed by atoms with Crippen LogP contribution in [0.5, 0.6) is 0 Å².